The zero-order chi connectivity index (χ0) is 17.3. The number of piperazine rings is 1. The number of halogens is 1. The maximum atomic E-state index is 12.2. The number of ether oxygens (including phenoxy) is 1. The van der Waals surface area contributed by atoms with Gasteiger partial charge < -0.3 is 19.9 Å². The van der Waals surface area contributed by atoms with Crippen molar-refractivity contribution >= 4 is 39.3 Å². The van der Waals surface area contributed by atoms with Gasteiger partial charge in [-0.25, -0.2) is 4.79 Å². The number of carbonyl (C=O) groups excluding carboxylic acids is 1. The minimum absolute atomic E-state index is 0.230. The van der Waals surface area contributed by atoms with Crippen molar-refractivity contribution < 1.29 is 9.53 Å². The summed E-state index contributed by atoms with van der Waals surface area (Å²) < 4.78 is 6.61. The summed E-state index contributed by atoms with van der Waals surface area (Å²) in [6.45, 7) is 9.28. The van der Waals surface area contributed by atoms with E-state index in [9.17, 15) is 4.79 Å². The first-order valence-corrected chi connectivity index (χ1v) is 9.70. The van der Waals surface area contributed by atoms with Crippen LogP contribution in [0.15, 0.2) is 20.9 Å². The van der Waals surface area contributed by atoms with E-state index in [1.165, 1.54) is 4.88 Å². The van der Waals surface area contributed by atoms with E-state index in [-0.39, 0.29) is 12.1 Å². The van der Waals surface area contributed by atoms with E-state index in [0.717, 1.165) is 29.4 Å². The van der Waals surface area contributed by atoms with E-state index < -0.39 is 5.60 Å². The van der Waals surface area contributed by atoms with Gasteiger partial charge in [0, 0.05) is 24.5 Å². The molecule has 2 aliphatic heterocycles. The molecule has 0 spiro atoms. The SMILES string of the molecule is CC(C)(C)OC(=O)N1CCN2C(NCc3ccc(Br)s3)=NCC2C1. The molecule has 24 heavy (non-hydrogen) atoms. The molecular weight excluding hydrogens is 392 g/mol. The van der Waals surface area contributed by atoms with Crippen LogP contribution < -0.4 is 5.32 Å². The fourth-order valence-corrected chi connectivity index (χ4v) is 4.26. The summed E-state index contributed by atoms with van der Waals surface area (Å²) in [6, 6.07) is 4.40. The Hall–Kier alpha value is -1.28. The third-order valence-corrected chi connectivity index (χ3v) is 5.53. The second-order valence-corrected chi connectivity index (χ2v) is 9.54. The monoisotopic (exact) mass is 414 g/mol. The first-order chi connectivity index (χ1) is 11.3. The number of hydrogen-bond donors (Lipinski definition) is 1. The standard InChI is InChI=1S/C16H23BrN4O2S/c1-16(2,3)23-15(22)20-6-7-21-11(10-20)8-18-14(21)19-9-12-4-5-13(17)24-12/h4-5,11H,6-10H2,1-3H3,(H,18,19). The smallest absolute Gasteiger partial charge is 0.410 e. The number of guanidine groups is 1. The van der Waals surface area contributed by atoms with Gasteiger partial charge in [-0.05, 0) is 48.8 Å². The summed E-state index contributed by atoms with van der Waals surface area (Å²) in [4.78, 5) is 22.2. The first kappa shape index (κ1) is 17.5. The molecule has 0 bridgehead atoms. The average Bonchev–Trinajstić information content (AvgIpc) is 3.08. The van der Waals surface area contributed by atoms with Gasteiger partial charge >= 0.3 is 6.09 Å². The summed E-state index contributed by atoms with van der Waals surface area (Å²) in [7, 11) is 0. The molecule has 1 aromatic rings. The van der Waals surface area contributed by atoms with Gasteiger partial charge in [0.15, 0.2) is 5.96 Å². The van der Waals surface area contributed by atoms with Crippen molar-refractivity contribution in [1.29, 1.82) is 0 Å². The summed E-state index contributed by atoms with van der Waals surface area (Å²) in [6.07, 6.45) is -0.230. The fraction of sp³-hybridized carbons (Fsp3) is 0.625. The van der Waals surface area contributed by atoms with Crippen LogP contribution in [0.25, 0.3) is 0 Å². The van der Waals surface area contributed by atoms with Gasteiger partial charge in [-0.1, -0.05) is 0 Å². The number of aliphatic imine (C=N–C) groups is 1. The molecule has 1 fully saturated rings. The van der Waals surface area contributed by atoms with Crippen LogP contribution in [-0.2, 0) is 11.3 Å². The molecule has 0 aromatic carbocycles. The van der Waals surface area contributed by atoms with Crippen molar-refractivity contribution in [3.05, 3.63) is 20.8 Å². The first-order valence-electron chi connectivity index (χ1n) is 8.09. The number of nitrogens with zero attached hydrogens (tertiary/aromatic N) is 3. The van der Waals surface area contributed by atoms with Crippen LogP contribution in [0, 0.1) is 0 Å². The summed E-state index contributed by atoms with van der Waals surface area (Å²) >= 11 is 5.20. The van der Waals surface area contributed by atoms with Crippen LogP contribution in [-0.4, -0.2) is 59.7 Å². The molecule has 3 rings (SSSR count). The number of carbonyl (C=O) groups is 1. The Morgan fingerprint density at radius 1 is 1.46 bits per heavy atom. The molecule has 0 saturated carbocycles. The van der Waals surface area contributed by atoms with E-state index in [1.54, 1.807) is 16.2 Å². The minimum Gasteiger partial charge on any atom is -0.444 e. The lowest BCUT2D eigenvalue weighted by Crippen LogP contribution is -2.57. The third-order valence-electron chi connectivity index (χ3n) is 3.91. The van der Waals surface area contributed by atoms with Crippen molar-refractivity contribution in [2.45, 2.75) is 39.0 Å². The predicted molar refractivity (Wildman–Crippen MR) is 99.5 cm³/mol. The molecule has 0 radical (unpaired) electrons. The molecule has 1 atom stereocenters. The zero-order valence-electron chi connectivity index (χ0n) is 14.2. The molecule has 1 saturated heterocycles. The van der Waals surface area contributed by atoms with Gasteiger partial charge in [0.1, 0.15) is 5.60 Å². The van der Waals surface area contributed by atoms with Crippen molar-refractivity contribution in [1.82, 2.24) is 15.1 Å². The topological polar surface area (TPSA) is 57.2 Å². The minimum atomic E-state index is -0.456. The maximum absolute atomic E-state index is 12.2. The van der Waals surface area contributed by atoms with E-state index in [1.807, 2.05) is 20.8 Å². The van der Waals surface area contributed by atoms with Crippen LogP contribution in [0.1, 0.15) is 25.6 Å². The lowest BCUT2D eigenvalue weighted by atomic mass is 10.2. The highest BCUT2D eigenvalue weighted by Gasteiger charge is 2.36. The molecule has 132 valence electrons. The molecule has 2 aliphatic rings. The van der Waals surface area contributed by atoms with Gasteiger partial charge in [0.25, 0.3) is 0 Å². The highest BCUT2D eigenvalue weighted by molar-refractivity contribution is 9.11. The summed E-state index contributed by atoms with van der Waals surface area (Å²) in [5.41, 5.74) is -0.456. The maximum Gasteiger partial charge on any atom is 0.410 e. The van der Waals surface area contributed by atoms with Crippen molar-refractivity contribution in [3.8, 4) is 0 Å². The lowest BCUT2D eigenvalue weighted by Gasteiger charge is -2.39. The molecule has 1 aromatic heterocycles. The van der Waals surface area contributed by atoms with Crippen LogP contribution in [0.2, 0.25) is 0 Å². The number of fused-ring (bicyclic) bond motifs is 1. The second kappa shape index (κ2) is 6.92. The Balaban J connectivity index is 1.52. The van der Waals surface area contributed by atoms with Crippen LogP contribution in [0.3, 0.4) is 0 Å². The Bertz CT molecular complexity index is 640. The Labute approximate surface area is 155 Å². The third kappa shape index (κ3) is 4.22. The van der Waals surface area contributed by atoms with Gasteiger partial charge in [-0.2, -0.15) is 0 Å². The molecule has 0 aliphatic carbocycles. The molecule has 3 heterocycles. The molecular formula is C16H23BrN4O2S. The molecule has 6 nitrogen and oxygen atoms in total. The van der Waals surface area contributed by atoms with Crippen molar-refractivity contribution in [3.63, 3.8) is 0 Å². The summed E-state index contributed by atoms with van der Waals surface area (Å²) in [5.74, 6) is 0.938. The number of nitrogens with one attached hydrogen (secondary N) is 1. The number of hydrogen-bond acceptors (Lipinski definition) is 6. The highest BCUT2D eigenvalue weighted by atomic mass is 79.9. The Morgan fingerprint density at radius 2 is 2.25 bits per heavy atom. The number of rotatable bonds is 2. The van der Waals surface area contributed by atoms with Crippen LogP contribution in [0.5, 0.6) is 0 Å². The molecule has 1 unspecified atom stereocenters. The molecule has 1 N–H and O–H groups in total. The van der Waals surface area contributed by atoms with Crippen molar-refractivity contribution in [2.75, 3.05) is 26.2 Å². The Kier molecular flexibility index (Phi) is 5.05. The van der Waals surface area contributed by atoms with E-state index >= 15 is 0 Å². The van der Waals surface area contributed by atoms with Gasteiger partial charge in [-0.15, -0.1) is 11.3 Å². The quantitative estimate of drug-likeness (QED) is 0.807. The fourth-order valence-electron chi connectivity index (χ4n) is 2.84. The highest BCUT2D eigenvalue weighted by Crippen LogP contribution is 2.23. The Morgan fingerprint density at radius 3 is 2.92 bits per heavy atom. The predicted octanol–water partition coefficient (Wildman–Crippen LogP) is 2.89. The second-order valence-electron chi connectivity index (χ2n) is 7.00. The lowest BCUT2D eigenvalue weighted by molar-refractivity contribution is 0.0137. The zero-order valence-corrected chi connectivity index (χ0v) is 16.6. The van der Waals surface area contributed by atoms with E-state index in [4.69, 9.17) is 4.74 Å². The van der Waals surface area contributed by atoms with E-state index in [2.05, 4.69) is 43.3 Å². The van der Waals surface area contributed by atoms with Gasteiger partial charge in [0.2, 0.25) is 0 Å². The molecule has 8 heteroatoms. The van der Waals surface area contributed by atoms with Gasteiger partial charge in [-0.3, -0.25) is 4.99 Å². The van der Waals surface area contributed by atoms with Crippen molar-refractivity contribution in [2.24, 2.45) is 4.99 Å². The average molecular weight is 415 g/mol. The normalized spacial score (nSPS) is 20.7. The van der Waals surface area contributed by atoms with Crippen LogP contribution >= 0.6 is 27.3 Å². The summed E-state index contributed by atoms with van der Waals surface area (Å²) in [5, 5.41) is 3.42. The van der Waals surface area contributed by atoms with Crippen LogP contribution in [0.4, 0.5) is 4.79 Å². The van der Waals surface area contributed by atoms with Gasteiger partial charge in [0.05, 0.1) is 22.9 Å². The number of amides is 1. The molecule has 1 amide bonds. The number of thiophene rings is 1. The van der Waals surface area contributed by atoms with E-state index in [0.29, 0.717) is 13.1 Å². The largest absolute Gasteiger partial charge is 0.444 e.